The van der Waals surface area contributed by atoms with Gasteiger partial charge in [0.05, 0.1) is 11.8 Å². The van der Waals surface area contributed by atoms with Gasteiger partial charge in [0, 0.05) is 11.4 Å². The molecule has 3 nitrogen and oxygen atoms in total. The van der Waals surface area contributed by atoms with E-state index in [0.29, 0.717) is 11.2 Å². The van der Waals surface area contributed by atoms with E-state index in [1.165, 1.54) is 11.3 Å². The van der Waals surface area contributed by atoms with E-state index in [4.69, 9.17) is 0 Å². The Hall–Kier alpha value is -2.20. The first kappa shape index (κ1) is 11.9. The van der Waals surface area contributed by atoms with E-state index in [2.05, 4.69) is 11.6 Å². The standard InChI is InChI=1S/C15H12N2OS/c1-2-8-17-10-16-12-9-13(19-14(12)15(17)18)11-6-4-3-5-7-11/h2-7,9-10H,1,8H2. The molecule has 3 aromatic rings. The molecule has 4 heteroatoms. The van der Waals surface area contributed by atoms with Gasteiger partial charge >= 0.3 is 0 Å². The van der Waals surface area contributed by atoms with Crippen LogP contribution in [0.1, 0.15) is 0 Å². The predicted molar refractivity (Wildman–Crippen MR) is 79.5 cm³/mol. The molecule has 0 unspecified atom stereocenters. The first-order valence-corrected chi connectivity index (χ1v) is 6.76. The Morgan fingerprint density at radius 1 is 1.32 bits per heavy atom. The summed E-state index contributed by atoms with van der Waals surface area (Å²) in [5.41, 5.74) is 1.87. The molecule has 0 aliphatic carbocycles. The lowest BCUT2D eigenvalue weighted by molar-refractivity contribution is 0.769. The van der Waals surface area contributed by atoms with Crippen LogP contribution in [-0.2, 0) is 6.54 Å². The van der Waals surface area contributed by atoms with Gasteiger partial charge in [-0.1, -0.05) is 36.4 Å². The molecule has 0 saturated carbocycles. The van der Waals surface area contributed by atoms with Crippen LogP contribution in [-0.4, -0.2) is 9.55 Å². The second-order valence-corrected chi connectivity index (χ2v) is 5.23. The second kappa shape index (κ2) is 4.82. The maximum Gasteiger partial charge on any atom is 0.271 e. The number of aromatic nitrogens is 2. The molecule has 19 heavy (non-hydrogen) atoms. The molecule has 94 valence electrons. The number of hydrogen-bond acceptors (Lipinski definition) is 3. The molecule has 0 aliphatic rings. The fourth-order valence-corrected chi connectivity index (χ4v) is 3.02. The van der Waals surface area contributed by atoms with Crippen LogP contribution in [0.15, 0.2) is 60.2 Å². The first-order valence-electron chi connectivity index (χ1n) is 5.95. The molecule has 2 aromatic heterocycles. The molecule has 0 spiro atoms. The van der Waals surface area contributed by atoms with Gasteiger partial charge in [0.15, 0.2) is 0 Å². The molecule has 3 rings (SSSR count). The smallest absolute Gasteiger partial charge is 0.271 e. The highest BCUT2D eigenvalue weighted by Gasteiger charge is 2.09. The second-order valence-electron chi connectivity index (χ2n) is 4.18. The third-order valence-electron chi connectivity index (χ3n) is 2.89. The largest absolute Gasteiger partial charge is 0.294 e. The quantitative estimate of drug-likeness (QED) is 0.683. The van der Waals surface area contributed by atoms with E-state index in [-0.39, 0.29) is 5.56 Å². The first-order chi connectivity index (χ1) is 9.29. The number of fused-ring (bicyclic) bond motifs is 1. The molecule has 0 atom stereocenters. The average molecular weight is 268 g/mol. The van der Waals surface area contributed by atoms with Crippen molar-refractivity contribution >= 4 is 21.6 Å². The van der Waals surface area contributed by atoms with Gasteiger partial charge in [0.1, 0.15) is 4.70 Å². The normalized spacial score (nSPS) is 10.7. The predicted octanol–water partition coefficient (Wildman–Crippen LogP) is 3.31. The number of allylic oxidation sites excluding steroid dienone is 1. The number of nitrogens with zero attached hydrogens (tertiary/aromatic N) is 2. The van der Waals surface area contributed by atoms with Gasteiger partial charge in [-0.2, -0.15) is 0 Å². The van der Waals surface area contributed by atoms with Gasteiger partial charge in [-0.15, -0.1) is 17.9 Å². The lowest BCUT2D eigenvalue weighted by Gasteiger charge is -1.99. The van der Waals surface area contributed by atoms with Crippen molar-refractivity contribution < 1.29 is 0 Å². The van der Waals surface area contributed by atoms with Crippen molar-refractivity contribution in [2.45, 2.75) is 6.54 Å². The molecule has 2 heterocycles. The highest BCUT2D eigenvalue weighted by molar-refractivity contribution is 7.22. The zero-order valence-electron chi connectivity index (χ0n) is 10.2. The fraction of sp³-hybridized carbons (Fsp3) is 0.0667. The Kier molecular flexibility index (Phi) is 3.01. The minimum atomic E-state index is -0.00270. The van der Waals surface area contributed by atoms with Crippen LogP contribution in [0.25, 0.3) is 20.7 Å². The van der Waals surface area contributed by atoms with E-state index >= 15 is 0 Å². The summed E-state index contributed by atoms with van der Waals surface area (Å²) in [4.78, 5) is 17.6. The minimum absolute atomic E-state index is 0.00270. The molecule has 0 bridgehead atoms. The van der Waals surface area contributed by atoms with Crippen LogP contribution in [0.3, 0.4) is 0 Å². The summed E-state index contributed by atoms with van der Waals surface area (Å²) in [5.74, 6) is 0. The Bertz CT molecular complexity index is 787. The molecule has 0 aliphatic heterocycles. The molecule has 0 saturated heterocycles. The summed E-state index contributed by atoms with van der Waals surface area (Å²) < 4.78 is 2.27. The van der Waals surface area contributed by atoms with Crippen molar-refractivity contribution in [3.05, 3.63) is 65.7 Å². The van der Waals surface area contributed by atoms with Crippen LogP contribution in [0.4, 0.5) is 0 Å². The monoisotopic (exact) mass is 268 g/mol. The van der Waals surface area contributed by atoms with Crippen LogP contribution in [0.2, 0.25) is 0 Å². The fourth-order valence-electron chi connectivity index (χ4n) is 1.96. The van der Waals surface area contributed by atoms with Crippen LogP contribution >= 0.6 is 11.3 Å². The van der Waals surface area contributed by atoms with Crippen LogP contribution in [0.5, 0.6) is 0 Å². The average Bonchev–Trinajstić information content (AvgIpc) is 2.88. The van der Waals surface area contributed by atoms with Gasteiger partial charge in [-0.25, -0.2) is 4.98 Å². The number of thiophene rings is 1. The van der Waals surface area contributed by atoms with Gasteiger partial charge in [0.2, 0.25) is 0 Å². The van der Waals surface area contributed by atoms with Crippen molar-refractivity contribution in [1.82, 2.24) is 9.55 Å². The Labute approximate surface area is 114 Å². The van der Waals surface area contributed by atoms with Gasteiger partial charge in [0.25, 0.3) is 5.56 Å². The van der Waals surface area contributed by atoms with Crippen molar-refractivity contribution in [2.24, 2.45) is 0 Å². The molecule has 1 aromatic carbocycles. The molecule has 0 radical (unpaired) electrons. The number of hydrogen-bond donors (Lipinski definition) is 0. The maximum absolute atomic E-state index is 12.2. The lowest BCUT2D eigenvalue weighted by Crippen LogP contribution is -2.18. The molecule has 0 N–H and O–H groups in total. The highest BCUT2D eigenvalue weighted by atomic mass is 32.1. The van der Waals surface area contributed by atoms with Gasteiger partial charge < -0.3 is 0 Å². The van der Waals surface area contributed by atoms with E-state index in [1.807, 2.05) is 36.4 Å². The summed E-state index contributed by atoms with van der Waals surface area (Å²) >= 11 is 1.49. The zero-order valence-corrected chi connectivity index (χ0v) is 11.1. The molecular weight excluding hydrogens is 256 g/mol. The summed E-state index contributed by atoms with van der Waals surface area (Å²) in [6, 6.07) is 12.0. The minimum Gasteiger partial charge on any atom is -0.294 e. The molecular formula is C15H12N2OS. The van der Waals surface area contributed by atoms with Gasteiger partial charge in [-0.05, 0) is 11.6 Å². The summed E-state index contributed by atoms with van der Waals surface area (Å²) in [5, 5.41) is 0. The topological polar surface area (TPSA) is 34.9 Å². The Morgan fingerprint density at radius 3 is 2.84 bits per heavy atom. The summed E-state index contributed by atoms with van der Waals surface area (Å²) in [6.45, 7) is 4.13. The Morgan fingerprint density at radius 2 is 2.11 bits per heavy atom. The molecule has 0 fully saturated rings. The number of rotatable bonds is 3. The third-order valence-corrected chi connectivity index (χ3v) is 4.05. The highest BCUT2D eigenvalue weighted by Crippen LogP contribution is 2.30. The van der Waals surface area contributed by atoms with Crippen molar-refractivity contribution in [3.63, 3.8) is 0 Å². The van der Waals surface area contributed by atoms with E-state index in [1.54, 1.807) is 17.0 Å². The lowest BCUT2D eigenvalue weighted by atomic mass is 10.2. The van der Waals surface area contributed by atoms with Gasteiger partial charge in [-0.3, -0.25) is 9.36 Å². The summed E-state index contributed by atoms with van der Waals surface area (Å²) in [6.07, 6.45) is 3.27. The van der Waals surface area contributed by atoms with E-state index in [0.717, 1.165) is 16.0 Å². The van der Waals surface area contributed by atoms with Crippen molar-refractivity contribution in [2.75, 3.05) is 0 Å². The third kappa shape index (κ3) is 2.11. The van der Waals surface area contributed by atoms with E-state index < -0.39 is 0 Å². The van der Waals surface area contributed by atoms with Crippen LogP contribution in [0, 0.1) is 0 Å². The molecule has 0 amide bonds. The number of benzene rings is 1. The van der Waals surface area contributed by atoms with E-state index in [9.17, 15) is 4.79 Å². The SMILES string of the molecule is C=CCn1cnc2cc(-c3ccccc3)sc2c1=O. The van der Waals surface area contributed by atoms with Crippen LogP contribution < -0.4 is 5.56 Å². The summed E-state index contributed by atoms with van der Waals surface area (Å²) in [7, 11) is 0. The maximum atomic E-state index is 12.2. The Balaban J connectivity index is 2.19. The van der Waals surface area contributed by atoms with Crippen molar-refractivity contribution in [1.29, 1.82) is 0 Å². The zero-order chi connectivity index (χ0) is 13.2. The van der Waals surface area contributed by atoms with Crippen molar-refractivity contribution in [3.8, 4) is 10.4 Å².